The first kappa shape index (κ1) is 7.91. The average Bonchev–Trinajstić information content (AvgIpc) is 2.39. The first-order valence-electron chi connectivity index (χ1n) is 4.00. The van der Waals surface area contributed by atoms with Crippen molar-refractivity contribution in [2.75, 3.05) is 0 Å². The average molecular weight is 175 g/mol. The van der Waals surface area contributed by atoms with Crippen LogP contribution in [-0.2, 0) is 0 Å². The maximum atomic E-state index is 10.7. The zero-order valence-electron chi connectivity index (χ0n) is 7.48. The van der Waals surface area contributed by atoms with Crippen molar-refractivity contribution in [3.63, 3.8) is 0 Å². The number of carbonyl (C=O) groups excluding carboxylic acids is 1. The van der Waals surface area contributed by atoms with Crippen LogP contribution in [0.15, 0.2) is 12.3 Å². The number of rotatable bonds is 1. The molecule has 0 saturated heterocycles. The van der Waals surface area contributed by atoms with Gasteiger partial charge in [0, 0.05) is 11.9 Å². The van der Waals surface area contributed by atoms with Crippen molar-refractivity contribution in [2.45, 2.75) is 13.8 Å². The lowest BCUT2D eigenvalue weighted by Crippen LogP contribution is -1.94. The largest absolute Gasteiger partial charge is 0.296 e. The van der Waals surface area contributed by atoms with Crippen molar-refractivity contribution in [2.24, 2.45) is 0 Å². The van der Waals surface area contributed by atoms with Crippen molar-refractivity contribution < 1.29 is 4.79 Å². The molecule has 0 unspecified atom stereocenters. The molecule has 0 N–H and O–H groups in total. The smallest absolute Gasteiger partial charge is 0.234 e. The molecule has 0 spiro atoms. The molecule has 0 amide bonds. The third kappa shape index (κ3) is 1.11. The molecule has 0 radical (unpaired) electrons. The maximum absolute atomic E-state index is 10.7. The molecule has 2 rings (SSSR count). The fourth-order valence-electron chi connectivity index (χ4n) is 1.29. The molecule has 0 bridgehead atoms. The molecule has 0 atom stereocenters. The van der Waals surface area contributed by atoms with Gasteiger partial charge in [-0.05, 0) is 19.9 Å². The van der Waals surface area contributed by atoms with E-state index in [0.717, 1.165) is 12.0 Å². The van der Waals surface area contributed by atoms with Crippen molar-refractivity contribution in [1.29, 1.82) is 0 Å². The number of nitrogens with zero attached hydrogens (tertiary/aromatic N) is 3. The van der Waals surface area contributed by atoms with E-state index in [1.54, 1.807) is 17.5 Å². The number of hydrogen-bond acceptors (Lipinski definition) is 3. The van der Waals surface area contributed by atoms with Crippen molar-refractivity contribution in [3.8, 4) is 0 Å². The Labute approximate surface area is 75.2 Å². The van der Waals surface area contributed by atoms with Gasteiger partial charge in [0.1, 0.15) is 5.69 Å². The Morgan fingerprint density at radius 2 is 2.15 bits per heavy atom. The molecule has 2 aromatic rings. The van der Waals surface area contributed by atoms with Crippen LogP contribution in [0.1, 0.15) is 21.9 Å². The van der Waals surface area contributed by atoms with E-state index >= 15 is 0 Å². The van der Waals surface area contributed by atoms with Crippen LogP contribution < -0.4 is 0 Å². The molecule has 2 aromatic heterocycles. The number of hydrogen-bond donors (Lipinski definition) is 0. The second kappa shape index (κ2) is 2.65. The molecule has 0 aliphatic rings. The minimum atomic E-state index is 0.572. The molecule has 66 valence electrons. The number of aldehydes is 1. The second-order valence-electron chi connectivity index (χ2n) is 2.94. The maximum Gasteiger partial charge on any atom is 0.234 e. The van der Waals surface area contributed by atoms with Gasteiger partial charge in [0.15, 0.2) is 6.29 Å². The van der Waals surface area contributed by atoms with Crippen LogP contribution in [0.5, 0.6) is 0 Å². The molecule has 2 heterocycles. The van der Waals surface area contributed by atoms with Gasteiger partial charge in [-0.15, -0.1) is 0 Å². The highest BCUT2D eigenvalue weighted by atomic mass is 16.1. The van der Waals surface area contributed by atoms with E-state index in [1.807, 2.05) is 13.0 Å². The number of fused-ring (bicyclic) bond motifs is 1. The number of carbonyl (C=O) groups is 1. The first-order chi connectivity index (χ1) is 6.22. The van der Waals surface area contributed by atoms with Crippen LogP contribution >= 0.6 is 0 Å². The predicted molar refractivity (Wildman–Crippen MR) is 47.8 cm³/mol. The lowest BCUT2D eigenvalue weighted by molar-refractivity contribution is 0.111. The Morgan fingerprint density at radius 1 is 1.38 bits per heavy atom. The lowest BCUT2D eigenvalue weighted by atomic mass is 10.4. The molecule has 0 aliphatic heterocycles. The summed E-state index contributed by atoms with van der Waals surface area (Å²) in [6, 6.07) is 1.85. The molecule has 0 fully saturated rings. The van der Waals surface area contributed by atoms with Crippen molar-refractivity contribution in [1.82, 2.24) is 14.4 Å². The van der Waals surface area contributed by atoms with Crippen molar-refractivity contribution >= 4 is 12.1 Å². The third-order valence-electron chi connectivity index (χ3n) is 1.97. The van der Waals surface area contributed by atoms with Gasteiger partial charge < -0.3 is 0 Å². The van der Waals surface area contributed by atoms with Gasteiger partial charge in [-0.2, -0.15) is 0 Å². The van der Waals surface area contributed by atoms with Crippen molar-refractivity contribution in [3.05, 3.63) is 29.3 Å². The van der Waals surface area contributed by atoms with Crippen LogP contribution in [0.2, 0.25) is 0 Å². The summed E-state index contributed by atoms with van der Waals surface area (Å²) < 4.78 is 1.69. The summed E-state index contributed by atoms with van der Waals surface area (Å²) in [4.78, 5) is 19.1. The Morgan fingerprint density at radius 3 is 2.85 bits per heavy atom. The molecule has 4 nitrogen and oxygen atoms in total. The standard InChI is InChI=1S/C9H9N3O/c1-6-3-4-12-8(5-13)7(2)11-9(12)10-6/h3-5H,1-2H3. The molecule has 0 aromatic carbocycles. The number of imidazole rings is 1. The number of aryl methyl sites for hydroxylation is 2. The molecular formula is C9H9N3O. The Kier molecular flexibility index (Phi) is 1.62. The van der Waals surface area contributed by atoms with E-state index in [9.17, 15) is 4.79 Å². The SMILES string of the molecule is Cc1ccn2c(C=O)c(C)nc2n1. The summed E-state index contributed by atoms with van der Waals surface area (Å²) in [5.41, 5.74) is 2.19. The summed E-state index contributed by atoms with van der Waals surface area (Å²) in [7, 11) is 0. The van der Waals surface area contributed by atoms with Crippen LogP contribution in [-0.4, -0.2) is 20.7 Å². The quantitative estimate of drug-likeness (QED) is 0.611. The minimum absolute atomic E-state index is 0.572. The van der Waals surface area contributed by atoms with E-state index in [0.29, 0.717) is 17.2 Å². The van der Waals surface area contributed by atoms with Crippen LogP contribution in [0.3, 0.4) is 0 Å². The zero-order valence-corrected chi connectivity index (χ0v) is 7.48. The lowest BCUT2D eigenvalue weighted by Gasteiger charge is -1.94. The molecule has 0 aliphatic carbocycles. The summed E-state index contributed by atoms with van der Waals surface area (Å²) in [5, 5.41) is 0. The monoisotopic (exact) mass is 175 g/mol. The van der Waals surface area contributed by atoms with Gasteiger partial charge in [-0.3, -0.25) is 9.20 Å². The highest BCUT2D eigenvalue weighted by Gasteiger charge is 2.07. The van der Waals surface area contributed by atoms with Gasteiger partial charge in [0.05, 0.1) is 5.69 Å². The third-order valence-corrected chi connectivity index (χ3v) is 1.97. The Bertz CT molecular complexity index is 473. The predicted octanol–water partition coefficient (Wildman–Crippen LogP) is 1.16. The van der Waals surface area contributed by atoms with E-state index in [-0.39, 0.29) is 0 Å². The summed E-state index contributed by atoms with van der Waals surface area (Å²) in [6.07, 6.45) is 2.60. The van der Waals surface area contributed by atoms with Gasteiger partial charge in [0.2, 0.25) is 5.78 Å². The number of aromatic nitrogens is 3. The van der Waals surface area contributed by atoms with Crippen LogP contribution in [0.25, 0.3) is 5.78 Å². The fraction of sp³-hybridized carbons (Fsp3) is 0.222. The van der Waals surface area contributed by atoms with E-state index < -0.39 is 0 Å². The summed E-state index contributed by atoms with van der Waals surface area (Å²) in [6.45, 7) is 3.69. The van der Waals surface area contributed by atoms with E-state index in [4.69, 9.17) is 0 Å². The summed E-state index contributed by atoms with van der Waals surface area (Å²) >= 11 is 0. The Balaban J connectivity index is 2.86. The normalized spacial score (nSPS) is 10.6. The van der Waals surface area contributed by atoms with Gasteiger partial charge in [0.25, 0.3) is 0 Å². The molecular weight excluding hydrogens is 166 g/mol. The molecule has 13 heavy (non-hydrogen) atoms. The highest BCUT2D eigenvalue weighted by Crippen LogP contribution is 2.08. The minimum Gasteiger partial charge on any atom is -0.296 e. The topological polar surface area (TPSA) is 47.3 Å². The first-order valence-corrected chi connectivity index (χ1v) is 4.00. The Hall–Kier alpha value is -1.71. The highest BCUT2D eigenvalue weighted by molar-refractivity contribution is 5.75. The molecule has 0 saturated carbocycles. The second-order valence-corrected chi connectivity index (χ2v) is 2.94. The van der Waals surface area contributed by atoms with Gasteiger partial charge in [-0.1, -0.05) is 0 Å². The van der Waals surface area contributed by atoms with Gasteiger partial charge in [-0.25, -0.2) is 9.97 Å². The fourth-order valence-corrected chi connectivity index (χ4v) is 1.29. The van der Waals surface area contributed by atoms with E-state index in [1.165, 1.54) is 0 Å². The summed E-state index contributed by atoms with van der Waals surface area (Å²) in [5.74, 6) is 0.583. The van der Waals surface area contributed by atoms with E-state index in [2.05, 4.69) is 9.97 Å². The van der Waals surface area contributed by atoms with Crippen LogP contribution in [0, 0.1) is 13.8 Å². The zero-order chi connectivity index (χ0) is 9.42. The molecule has 4 heteroatoms. The van der Waals surface area contributed by atoms with Crippen LogP contribution in [0.4, 0.5) is 0 Å². The van der Waals surface area contributed by atoms with Gasteiger partial charge >= 0.3 is 0 Å².